The molecule has 0 saturated heterocycles. The summed E-state index contributed by atoms with van der Waals surface area (Å²) >= 11 is 0. The van der Waals surface area contributed by atoms with Crippen LogP contribution < -0.4 is 5.32 Å². The van der Waals surface area contributed by atoms with E-state index in [1.807, 2.05) is 6.92 Å². The Kier molecular flexibility index (Phi) is 5.73. The summed E-state index contributed by atoms with van der Waals surface area (Å²) in [7, 11) is -0.442. The van der Waals surface area contributed by atoms with Crippen LogP contribution in [0.1, 0.15) is 23.8 Å². The number of nitrogens with one attached hydrogen (secondary N) is 1. The van der Waals surface area contributed by atoms with Crippen LogP contribution in [0, 0.1) is 0 Å². The van der Waals surface area contributed by atoms with Crippen molar-refractivity contribution in [3.05, 3.63) is 18.0 Å². The molecule has 1 rings (SSSR count). The first-order valence-corrected chi connectivity index (χ1v) is 7.83. The molecule has 20 heavy (non-hydrogen) atoms. The third-order valence-corrected chi connectivity index (χ3v) is 4.76. The van der Waals surface area contributed by atoms with Crippen molar-refractivity contribution in [2.45, 2.75) is 24.8 Å². The van der Waals surface area contributed by atoms with E-state index in [-0.39, 0.29) is 10.6 Å². The standard InChI is InChI=1S/C12H21N3O4S/c1-4-6-15-9-10(8-11(15)12(16)17)20(18,19)14(3)7-5-13-2/h8-9,13H,4-7H2,1-3H3,(H,16,17). The maximum atomic E-state index is 12.3. The molecule has 0 spiro atoms. The van der Waals surface area contributed by atoms with E-state index in [4.69, 9.17) is 5.11 Å². The van der Waals surface area contributed by atoms with Crippen LogP contribution in [0.5, 0.6) is 0 Å². The first-order chi connectivity index (χ1) is 9.34. The second kappa shape index (κ2) is 6.87. The number of carbonyl (C=O) groups is 1. The van der Waals surface area contributed by atoms with Gasteiger partial charge in [-0.15, -0.1) is 0 Å². The number of hydrogen-bond acceptors (Lipinski definition) is 4. The van der Waals surface area contributed by atoms with Crippen LogP contribution in [-0.4, -0.2) is 55.6 Å². The zero-order valence-electron chi connectivity index (χ0n) is 12.0. The number of aromatic nitrogens is 1. The van der Waals surface area contributed by atoms with Crippen LogP contribution in [-0.2, 0) is 16.6 Å². The van der Waals surface area contributed by atoms with Crippen LogP contribution in [0.4, 0.5) is 0 Å². The van der Waals surface area contributed by atoms with Gasteiger partial charge in [0, 0.05) is 32.9 Å². The van der Waals surface area contributed by atoms with Gasteiger partial charge in [-0.25, -0.2) is 13.2 Å². The van der Waals surface area contributed by atoms with Gasteiger partial charge in [0.15, 0.2) is 0 Å². The number of carboxylic acids is 1. The lowest BCUT2D eigenvalue weighted by Crippen LogP contribution is -2.32. The van der Waals surface area contributed by atoms with Gasteiger partial charge in [-0.3, -0.25) is 0 Å². The highest BCUT2D eigenvalue weighted by Crippen LogP contribution is 2.18. The Hall–Kier alpha value is -1.38. The molecule has 1 aromatic heterocycles. The monoisotopic (exact) mass is 303 g/mol. The fraction of sp³-hybridized carbons (Fsp3) is 0.583. The molecule has 0 saturated carbocycles. The Labute approximate surface area is 119 Å². The molecule has 1 aromatic rings. The molecule has 0 amide bonds. The van der Waals surface area contributed by atoms with Crippen molar-refractivity contribution in [2.75, 3.05) is 27.2 Å². The SMILES string of the molecule is CCCn1cc(S(=O)(=O)N(C)CCNC)cc1C(=O)O. The highest BCUT2D eigenvalue weighted by Gasteiger charge is 2.24. The molecular weight excluding hydrogens is 282 g/mol. The van der Waals surface area contributed by atoms with Gasteiger partial charge < -0.3 is 15.0 Å². The summed E-state index contributed by atoms with van der Waals surface area (Å²) < 4.78 is 27.3. The molecule has 0 bridgehead atoms. The van der Waals surface area contributed by atoms with Crippen molar-refractivity contribution in [1.29, 1.82) is 0 Å². The average Bonchev–Trinajstić information content (AvgIpc) is 2.81. The number of nitrogens with zero attached hydrogens (tertiary/aromatic N) is 2. The third-order valence-electron chi connectivity index (χ3n) is 2.94. The van der Waals surface area contributed by atoms with Gasteiger partial charge in [0.05, 0.1) is 0 Å². The normalized spacial score (nSPS) is 12.0. The van der Waals surface area contributed by atoms with Gasteiger partial charge >= 0.3 is 5.97 Å². The van der Waals surface area contributed by atoms with Crippen LogP contribution in [0.25, 0.3) is 0 Å². The minimum absolute atomic E-state index is 0.00700. The summed E-state index contributed by atoms with van der Waals surface area (Å²) in [6.45, 7) is 3.22. The molecule has 0 fully saturated rings. The van der Waals surface area contributed by atoms with E-state index in [0.29, 0.717) is 19.6 Å². The van der Waals surface area contributed by atoms with Gasteiger partial charge in [0.1, 0.15) is 10.6 Å². The van der Waals surface area contributed by atoms with Crippen LogP contribution in [0.3, 0.4) is 0 Å². The van der Waals surface area contributed by atoms with Crippen LogP contribution in [0.15, 0.2) is 17.2 Å². The van der Waals surface area contributed by atoms with Crippen molar-refractivity contribution < 1.29 is 18.3 Å². The maximum Gasteiger partial charge on any atom is 0.352 e. The predicted molar refractivity (Wildman–Crippen MR) is 75.4 cm³/mol. The zero-order chi connectivity index (χ0) is 15.3. The summed E-state index contributed by atoms with van der Waals surface area (Å²) in [6.07, 6.45) is 2.11. The number of carboxylic acid groups (broad SMARTS) is 1. The fourth-order valence-electron chi connectivity index (χ4n) is 1.80. The average molecular weight is 303 g/mol. The second-order valence-corrected chi connectivity index (χ2v) is 6.53. The van der Waals surface area contributed by atoms with E-state index in [1.165, 1.54) is 28.2 Å². The number of hydrogen-bond donors (Lipinski definition) is 2. The molecule has 0 aliphatic rings. The van der Waals surface area contributed by atoms with E-state index >= 15 is 0 Å². The smallest absolute Gasteiger partial charge is 0.352 e. The summed E-state index contributed by atoms with van der Waals surface area (Å²) in [4.78, 5) is 11.2. The lowest BCUT2D eigenvalue weighted by Gasteiger charge is -2.15. The Bertz CT molecular complexity index is 565. The largest absolute Gasteiger partial charge is 0.477 e. The topological polar surface area (TPSA) is 91.6 Å². The molecule has 114 valence electrons. The van der Waals surface area contributed by atoms with E-state index in [1.54, 1.807) is 7.05 Å². The quantitative estimate of drug-likeness (QED) is 0.727. The first kappa shape index (κ1) is 16.7. The van der Waals surface area contributed by atoms with Gasteiger partial charge in [-0.2, -0.15) is 4.31 Å². The first-order valence-electron chi connectivity index (χ1n) is 6.39. The number of aromatic carboxylic acids is 1. The van der Waals surface area contributed by atoms with E-state index in [2.05, 4.69) is 5.32 Å². The summed E-state index contributed by atoms with van der Waals surface area (Å²) in [5.41, 5.74) is -0.00700. The Morgan fingerprint density at radius 1 is 1.50 bits per heavy atom. The molecule has 0 aromatic carbocycles. The molecule has 8 heteroatoms. The molecule has 0 unspecified atom stereocenters. The lowest BCUT2D eigenvalue weighted by molar-refractivity contribution is 0.0685. The van der Waals surface area contributed by atoms with Crippen LogP contribution in [0.2, 0.25) is 0 Å². The van der Waals surface area contributed by atoms with Gasteiger partial charge in [-0.05, 0) is 19.5 Å². The highest BCUT2D eigenvalue weighted by molar-refractivity contribution is 7.89. The van der Waals surface area contributed by atoms with Crippen molar-refractivity contribution in [3.63, 3.8) is 0 Å². The van der Waals surface area contributed by atoms with Gasteiger partial charge in [0.25, 0.3) is 0 Å². The molecule has 7 nitrogen and oxygen atoms in total. The Morgan fingerprint density at radius 2 is 2.15 bits per heavy atom. The molecule has 0 aliphatic carbocycles. The van der Waals surface area contributed by atoms with Gasteiger partial charge in [-0.1, -0.05) is 6.92 Å². The number of sulfonamides is 1. The Balaban J connectivity index is 3.12. The molecule has 0 aliphatic heterocycles. The molecular formula is C12H21N3O4S. The minimum Gasteiger partial charge on any atom is -0.477 e. The van der Waals surface area contributed by atoms with Crippen molar-refractivity contribution >= 4 is 16.0 Å². The summed E-state index contributed by atoms with van der Waals surface area (Å²) in [5.74, 6) is -1.13. The van der Waals surface area contributed by atoms with Gasteiger partial charge in [0.2, 0.25) is 10.0 Å². The lowest BCUT2D eigenvalue weighted by atomic mass is 10.4. The molecule has 2 N–H and O–H groups in total. The second-order valence-electron chi connectivity index (χ2n) is 4.49. The van der Waals surface area contributed by atoms with E-state index in [9.17, 15) is 13.2 Å². The Morgan fingerprint density at radius 3 is 2.65 bits per heavy atom. The van der Waals surface area contributed by atoms with Crippen LogP contribution >= 0.6 is 0 Å². The number of likely N-dealkylation sites (N-methyl/N-ethyl adjacent to an activating group) is 2. The van der Waals surface area contributed by atoms with Crippen molar-refractivity contribution in [1.82, 2.24) is 14.2 Å². The molecule has 1 heterocycles. The molecule has 0 radical (unpaired) electrons. The predicted octanol–water partition coefficient (Wildman–Crippen LogP) is 0.436. The molecule has 0 atom stereocenters. The maximum absolute atomic E-state index is 12.3. The van der Waals surface area contributed by atoms with Crippen molar-refractivity contribution in [2.24, 2.45) is 0 Å². The van der Waals surface area contributed by atoms with Crippen molar-refractivity contribution in [3.8, 4) is 0 Å². The third kappa shape index (κ3) is 3.59. The van der Waals surface area contributed by atoms with E-state index in [0.717, 1.165) is 6.42 Å². The number of rotatable bonds is 8. The number of aryl methyl sites for hydroxylation is 1. The highest BCUT2D eigenvalue weighted by atomic mass is 32.2. The zero-order valence-corrected chi connectivity index (χ0v) is 12.8. The minimum atomic E-state index is -3.66. The summed E-state index contributed by atoms with van der Waals surface area (Å²) in [5, 5.41) is 12.0. The fourth-order valence-corrected chi connectivity index (χ4v) is 3.01. The summed E-state index contributed by atoms with van der Waals surface area (Å²) in [6, 6.07) is 1.21. The van der Waals surface area contributed by atoms with E-state index < -0.39 is 16.0 Å².